The van der Waals surface area contributed by atoms with Gasteiger partial charge in [0.05, 0.1) is 13.7 Å². The van der Waals surface area contributed by atoms with Crippen molar-refractivity contribution in [1.29, 1.82) is 0 Å². The Hall–Kier alpha value is -1.81. The van der Waals surface area contributed by atoms with Gasteiger partial charge in [-0.25, -0.2) is 4.79 Å². The molecule has 1 aliphatic rings. The van der Waals surface area contributed by atoms with E-state index < -0.39 is 0 Å². The molecule has 1 aliphatic carbocycles. The number of hydrogen-bond donors (Lipinski definition) is 0. The highest BCUT2D eigenvalue weighted by molar-refractivity contribution is 7.17. The minimum absolute atomic E-state index is 0.226. The molecule has 3 nitrogen and oxygen atoms in total. The Balaban J connectivity index is 2.06. The molecule has 2 aromatic rings. The van der Waals surface area contributed by atoms with Crippen molar-refractivity contribution in [2.45, 2.75) is 19.8 Å². The van der Waals surface area contributed by atoms with E-state index in [2.05, 4.69) is 6.07 Å². The highest BCUT2D eigenvalue weighted by Crippen LogP contribution is 2.42. The first-order valence-corrected chi connectivity index (χ1v) is 7.52. The number of methoxy groups -OCH3 is 1. The summed E-state index contributed by atoms with van der Waals surface area (Å²) in [4.78, 5) is 13.7. The summed E-state index contributed by atoms with van der Waals surface area (Å²) >= 11 is 1.52. The summed E-state index contributed by atoms with van der Waals surface area (Å²) in [7, 11) is 1.70. The fourth-order valence-corrected chi connectivity index (χ4v) is 3.79. The molecule has 0 bridgehead atoms. The SMILES string of the molecule is CCOC(=O)c1cc2c(s1)-c1cccc(OC)c1CC2. The molecule has 0 fully saturated rings. The van der Waals surface area contributed by atoms with Crippen LogP contribution in [0.3, 0.4) is 0 Å². The Morgan fingerprint density at radius 1 is 1.35 bits per heavy atom. The lowest BCUT2D eigenvalue weighted by atomic mass is 9.91. The van der Waals surface area contributed by atoms with Gasteiger partial charge in [-0.15, -0.1) is 11.3 Å². The fraction of sp³-hybridized carbons (Fsp3) is 0.312. The number of carbonyl (C=O) groups excluding carboxylic acids is 1. The lowest BCUT2D eigenvalue weighted by Gasteiger charge is -2.18. The molecule has 0 spiro atoms. The highest BCUT2D eigenvalue weighted by Gasteiger charge is 2.23. The molecule has 0 saturated heterocycles. The molecule has 0 atom stereocenters. The molecule has 3 rings (SSSR count). The molecule has 1 heterocycles. The second-order valence-electron chi connectivity index (χ2n) is 4.67. The van der Waals surface area contributed by atoms with Crippen molar-refractivity contribution >= 4 is 17.3 Å². The molecule has 0 unspecified atom stereocenters. The molecular weight excluding hydrogens is 272 g/mol. The Labute approximate surface area is 122 Å². The molecule has 4 heteroatoms. The van der Waals surface area contributed by atoms with Crippen molar-refractivity contribution in [1.82, 2.24) is 0 Å². The number of thiophene rings is 1. The van der Waals surface area contributed by atoms with E-state index in [4.69, 9.17) is 9.47 Å². The van der Waals surface area contributed by atoms with Gasteiger partial charge >= 0.3 is 5.97 Å². The van der Waals surface area contributed by atoms with Crippen molar-refractivity contribution < 1.29 is 14.3 Å². The average Bonchev–Trinajstić information content (AvgIpc) is 2.91. The van der Waals surface area contributed by atoms with Crippen LogP contribution in [0, 0.1) is 0 Å². The predicted molar refractivity (Wildman–Crippen MR) is 79.7 cm³/mol. The van der Waals surface area contributed by atoms with E-state index in [-0.39, 0.29) is 5.97 Å². The van der Waals surface area contributed by atoms with Crippen molar-refractivity contribution in [2.24, 2.45) is 0 Å². The molecule has 104 valence electrons. The maximum atomic E-state index is 11.9. The quantitative estimate of drug-likeness (QED) is 0.808. The van der Waals surface area contributed by atoms with Gasteiger partial charge in [-0.05, 0) is 43.0 Å². The van der Waals surface area contributed by atoms with E-state index in [1.54, 1.807) is 7.11 Å². The van der Waals surface area contributed by atoms with Crippen LogP contribution < -0.4 is 4.74 Å². The topological polar surface area (TPSA) is 35.5 Å². The number of ether oxygens (including phenoxy) is 2. The third-order valence-corrected chi connectivity index (χ3v) is 4.72. The third kappa shape index (κ3) is 2.10. The third-order valence-electron chi connectivity index (χ3n) is 3.53. The molecule has 1 aromatic heterocycles. The first-order chi connectivity index (χ1) is 9.74. The van der Waals surface area contributed by atoms with E-state index >= 15 is 0 Å². The number of carbonyl (C=O) groups is 1. The molecule has 0 radical (unpaired) electrons. The average molecular weight is 288 g/mol. The second kappa shape index (κ2) is 5.29. The summed E-state index contributed by atoms with van der Waals surface area (Å²) in [5.41, 5.74) is 3.66. The molecule has 0 amide bonds. The smallest absolute Gasteiger partial charge is 0.348 e. The normalized spacial score (nSPS) is 12.5. The standard InChI is InChI=1S/C16H16O3S/c1-3-19-16(17)14-9-10-7-8-11-12(15(10)20-14)5-4-6-13(11)18-2/h4-6,9H,3,7-8H2,1-2H3. The number of benzene rings is 1. The monoisotopic (exact) mass is 288 g/mol. The van der Waals surface area contributed by atoms with Gasteiger partial charge in [0.2, 0.25) is 0 Å². The number of hydrogen-bond acceptors (Lipinski definition) is 4. The van der Waals surface area contributed by atoms with E-state index in [1.807, 2.05) is 25.1 Å². The van der Waals surface area contributed by atoms with Crippen LogP contribution in [0.25, 0.3) is 10.4 Å². The first-order valence-electron chi connectivity index (χ1n) is 6.70. The maximum Gasteiger partial charge on any atom is 0.348 e. The van der Waals surface area contributed by atoms with Crippen molar-refractivity contribution in [3.63, 3.8) is 0 Å². The van der Waals surface area contributed by atoms with Gasteiger partial charge in [0.15, 0.2) is 0 Å². The van der Waals surface area contributed by atoms with E-state index in [0.717, 1.165) is 18.6 Å². The summed E-state index contributed by atoms with van der Waals surface area (Å²) in [5, 5.41) is 0. The molecule has 0 aliphatic heterocycles. The van der Waals surface area contributed by atoms with Crippen LogP contribution in [0.2, 0.25) is 0 Å². The predicted octanol–water partition coefficient (Wildman–Crippen LogP) is 3.70. The molecule has 1 aromatic carbocycles. The second-order valence-corrected chi connectivity index (χ2v) is 5.72. The van der Waals surface area contributed by atoms with Crippen LogP contribution >= 0.6 is 11.3 Å². The largest absolute Gasteiger partial charge is 0.496 e. The van der Waals surface area contributed by atoms with Gasteiger partial charge in [-0.2, -0.15) is 0 Å². The maximum absolute atomic E-state index is 11.9. The Morgan fingerprint density at radius 3 is 2.95 bits per heavy atom. The number of rotatable bonds is 3. The molecule has 20 heavy (non-hydrogen) atoms. The van der Waals surface area contributed by atoms with Gasteiger partial charge in [0.1, 0.15) is 10.6 Å². The number of esters is 1. The summed E-state index contributed by atoms with van der Waals surface area (Å²) in [6.07, 6.45) is 1.89. The van der Waals surface area contributed by atoms with Gasteiger partial charge in [-0.1, -0.05) is 12.1 Å². The number of fused-ring (bicyclic) bond motifs is 3. The molecule has 0 saturated carbocycles. The van der Waals surface area contributed by atoms with Crippen LogP contribution in [-0.4, -0.2) is 19.7 Å². The molecule has 0 N–H and O–H groups in total. The Morgan fingerprint density at radius 2 is 2.20 bits per heavy atom. The molecular formula is C16H16O3S. The fourth-order valence-electron chi connectivity index (χ4n) is 2.63. The number of aryl methyl sites for hydroxylation is 1. The van der Waals surface area contributed by atoms with Crippen molar-refractivity contribution in [2.75, 3.05) is 13.7 Å². The summed E-state index contributed by atoms with van der Waals surface area (Å²) in [6, 6.07) is 8.06. The van der Waals surface area contributed by atoms with Crippen molar-refractivity contribution in [3.05, 3.63) is 40.3 Å². The van der Waals surface area contributed by atoms with Crippen LogP contribution in [0.5, 0.6) is 5.75 Å². The van der Waals surface area contributed by atoms with Crippen molar-refractivity contribution in [3.8, 4) is 16.2 Å². The lowest BCUT2D eigenvalue weighted by molar-refractivity contribution is 0.0532. The first kappa shape index (κ1) is 13.2. The minimum Gasteiger partial charge on any atom is -0.496 e. The highest BCUT2D eigenvalue weighted by atomic mass is 32.1. The summed E-state index contributed by atoms with van der Waals surface area (Å²) in [6.45, 7) is 2.23. The van der Waals surface area contributed by atoms with Crippen LogP contribution in [0.1, 0.15) is 27.7 Å². The van der Waals surface area contributed by atoms with Gasteiger partial charge in [0, 0.05) is 10.4 Å². The van der Waals surface area contributed by atoms with Gasteiger partial charge in [-0.3, -0.25) is 0 Å². The van der Waals surface area contributed by atoms with E-state index in [0.29, 0.717) is 11.5 Å². The lowest BCUT2D eigenvalue weighted by Crippen LogP contribution is -2.03. The zero-order valence-corrected chi connectivity index (χ0v) is 12.4. The van der Waals surface area contributed by atoms with Crippen LogP contribution in [0.15, 0.2) is 24.3 Å². The zero-order chi connectivity index (χ0) is 14.1. The van der Waals surface area contributed by atoms with Gasteiger partial charge < -0.3 is 9.47 Å². The van der Waals surface area contributed by atoms with Crippen LogP contribution in [0.4, 0.5) is 0 Å². The minimum atomic E-state index is -0.226. The van der Waals surface area contributed by atoms with Crippen LogP contribution in [-0.2, 0) is 17.6 Å². The Kier molecular flexibility index (Phi) is 3.49. The summed E-state index contributed by atoms with van der Waals surface area (Å²) < 4.78 is 10.5. The zero-order valence-electron chi connectivity index (χ0n) is 11.6. The van der Waals surface area contributed by atoms with Gasteiger partial charge in [0.25, 0.3) is 0 Å². The summed E-state index contributed by atoms with van der Waals surface area (Å²) in [5.74, 6) is 0.704. The Bertz CT molecular complexity index is 658. The van der Waals surface area contributed by atoms with E-state index in [1.165, 1.54) is 32.9 Å². The van der Waals surface area contributed by atoms with E-state index in [9.17, 15) is 4.79 Å².